The predicted molar refractivity (Wildman–Crippen MR) is 73.8 cm³/mol. The van der Waals surface area contributed by atoms with E-state index in [1.165, 1.54) is 12.1 Å². The van der Waals surface area contributed by atoms with Gasteiger partial charge in [-0.1, -0.05) is 12.2 Å². The highest BCUT2D eigenvalue weighted by Gasteiger charge is 2.32. The number of phenolic OH excluding ortho intramolecular Hbond substituents is 1. The molecule has 2 rings (SSSR count). The van der Waals surface area contributed by atoms with Crippen LogP contribution in [0.3, 0.4) is 0 Å². The second-order valence-electron chi connectivity index (χ2n) is 4.08. The number of hydrogen-bond acceptors (Lipinski definition) is 3. The SMILES string of the molecule is CCNC(=S)c1ccc(O)c2nc(C(F)(F)F)ccc12. The maximum absolute atomic E-state index is 12.6. The van der Waals surface area contributed by atoms with Gasteiger partial charge in [0.25, 0.3) is 0 Å². The molecule has 0 spiro atoms. The van der Waals surface area contributed by atoms with Gasteiger partial charge in [0.2, 0.25) is 0 Å². The number of aromatic hydroxyl groups is 1. The molecular weight excluding hydrogens is 289 g/mol. The maximum atomic E-state index is 12.6. The molecule has 0 aliphatic carbocycles. The van der Waals surface area contributed by atoms with E-state index in [2.05, 4.69) is 10.3 Å². The van der Waals surface area contributed by atoms with Crippen LogP contribution in [-0.4, -0.2) is 21.6 Å². The molecule has 2 aromatic rings. The van der Waals surface area contributed by atoms with Crippen LogP contribution in [-0.2, 0) is 6.18 Å². The molecule has 0 aliphatic heterocycles. The molecule has 3 nitrogen and oxygen atoms in total. The lowest BCUT2D eigenvalue weighted by Crippen LogP contribution is -2.21. The monoisotopic (exact) mass is 300 g/mol. The first-order valence-electron chi connectivity index (χ1n) is 5.82. The lowest BCUT2D eigenvalue weighted by Gasteiger charge is -2.12. The zero-order valence-corrected chi connectivity index (χ0v) is 11.3. The van der Waals surface area contributed by atoms with Gasteiger partial charge in [0.05, 0.1) is 0 Å². The highest BCUT2D eigenvalue weighted by Crippen LogP contribution is 2.32. The van der Waals surface area contributed by atoms with Gasteiger partial charge in [0.15, 0.2) is 0 Å². The van der Waals surface area contributed by atoms with Gasteiger partial charge >= 0.3 is 6.18 Å². The van der Waals surface area contributed by atoms with Crippen molar-refractivity contribution in [1.29, 1.82) is 0 Å². The van der Waals surface area contributed by atoms with Gasteiger partial charge < -0.3 is 10.4 Å². The Balaban J connectivity index is 2.65. The number of halogens is 3. The number of rotatable bonds is 2. The molecule has 0 bridgehead atoms. The third kappa shape index (κ3) is 2.67. The van der Waals surface area contributed by atoms with Crippen molar-refractivity contribution < 1.29 is 18.3 Å². The number of fused-ring (bicyclic) bond motifs is 1. The largest absolute Gasteiger partial charge is 0.506 e. The van der Waals surface area contributed by atoms with Gasteiger partial charge in [-0.3, -0.25) is 0 Å². The number of benzene rings is 1. The average Bonchev–Trinajstić information content (AvgIpc) is 2.38. The summed E-state index contributed by atoms with van der Waals surface area (Å²) in [5, 5.41) is 13.0. The summed E-state index contributed by atoms with van der Waals surface area (Å²) in [6.45, 7) is 2.45. The van der Waals surface area contributed by atoms with Crippen LogP contribution in [0.1, 0.15) is 18.2 Å². The van der Waals surface area contributed by atoms with Crippen molar-refractivity contribution in [2.45, 2.75) is 13.1 Å². The van der Waals surface area contributed by atoms with Crippen LogP contribution in [0.2, 0.25) is 0 Å². The van der Waals surface area contributed by atoms with Gasteiger partial charge in [0.1, 0.15) is 21.9 Å². The number of alkyl halides is 3. The minimum atomic E-state index is -4.56. The Morgan fingerprint density at radius 3 is 2.60 bits per heavy atom. The van der Waals surface area contributed by atoms with Crippen molar-refractivity contribution in [1.82, 2.24) is 10.3 Å². The van der Waals surface area contributed by atoms with Crippen molar-refractivity contribution in [2.24, 2.45) is 0 Å². The van der Waals surface area contributed by atoms with E-state index in [4.69, 9.17) is 12.2 Å². The molecule has 2 N–H and O–H groups in total. The Kier molecular flexibility index (Phi) is 3.80. The van der Waals surface area contributed by atoms with E-state index in [1.807, 2.05) is 6.92 Å². The minimum Gasteiger partial charge on any atom is -0.506 e. The lowest BCUT2D eigenvalue weighted by molar-refractivity contribution is -0.140. The number of pyridine rings is 1. The molecule has 0 saturated heterocycles. The summed E-state index contributed by atoms with van der Waals surface area (Å²) in [4.78, 5) is 3.89. The number of aromatic nitrogens is 1. The van der Waals surface area contributed by atoms with Crippen LogP contribution in [0.4, 0.5) is 13.2 Å². The topological polar surface area (TPSA) is 45.1 Å². The Morgan fingerprint density at radius 2 is 2.00 bits per heavy atom. The second-order valence-corrected chi connectivity index (χ2v) is 4.49. The molecular formula is C13H11F3N2OS. The summed E-state index contributed by atoms with van der Waals surface area (Å²) < 4.78 is 37.9. The molecule has 1 aromatic carbocycles. The smallest absolute Gasteiger partial charge is 0.433 e. The zero-order valence-electron chi connectivity index (χ0n) is 10.5. The molecule has 0 amide bonds. The van der Waals surface area contributed by atoms with Crippen LogP contribution < -0.4 is 5.32 Å². The van der Waals surface area contributed by atoms with Crippen LogP contribution in [0.5, 0.6) is 5.75 Å². The van der Waals surface area contributed by atoms with Crippen LogP contribution in [0.25, 0.3) is 10.9 Å². The van der Waals surface area contributed by atoms with E-state index < -0.39 is 11.9 Å². The van der Waals surface area contributed by atoms with Gasteiger partial charge in [-0.25, -0.2) is 4.98 Å². The fourth-order valence-electron chi connectivity index (χ4n) is 1.81. The predicted octanol–water partition coefficient (Wildman–Crippen LogP) is 3.24. The van der Waals surface area contributed by atoms with E-state index in [0.717, 1.165) is 6.07 Å². The fraction of sp³-hybridized carbons (Fsp3) is 0.231. The summed E-state index contributed by atoms with van der Waals surface area (Å²) in [5.74, 6) is -0.311. The van der Waals surface area contributed by atoms with Gasteiger partial charge in [-0.05, 0) is 31.2 Å². The number of nitrogens with zero attached hydrogens (tertiary/aromatic N) is 1. The quantitative estimate of drug-likeness (QED) is 0.836. The molecule has 0 aliphatic rings. The number of nitrogens with one attached hydrogen (secondary N) is 1. The standard InChI is InChI=1S/C13H11F3N2OS/c1-2-17-12(20)8-3-5-9(19)11-7(8)4-6-10(18-11)13(14,15)16/h3-6,19H,2H2,1H3,(H,17,20). The molecule has 106 valence electrons. The number of hydrogen-bond donors (Lipinski definition) is 2. The molecule has 20 heavy (non-hydrogen) atoms. The Bertz CT molecular complexity index is 670. The summed E-state index contributed by atoms with van der Waals surface area (Å²) in [6.07, 6.45) is -4.56. The van der Waals surface area contributed by atoms with Crippen molar-refractivity contribution in [3.8, 4) is 5.75 Å². The van der Waals surface area contributed by atoms with Gasteiger partial charge in [-0.2, -0.15) is 13.2 Å². The summed E-state index contributed by atoms with van der Waals surface area (Å²) in [6, 6.07) is 4.98. The minimum absolute atomic E-state index is 0.113. The fourth-order valence-corrected chi connectivity index (χ4v) is 2.14. The highest BCUT2D eigenvalue weighted by atomic mass is 32.1. The van der Waals surface area contributed by atoms with E-state index >= 15 is 0 Å². The van der Waals surface area contributed by atoms with Gasteiger partial charge in [0, 0.05) is 17.5 Å². The van der Waals surface area contributed by atoms with E-state index in [0.29, 0.717) is 22.5 Å². The van der Waals surface area contributed by atoms with Crippen LogP contribution in [0.15, 0.2) is 24.3 Å². The van der Waals surface area contributed by atoms with Crippen LogP contribution >= 0.6 is 12.2 Å². The Morgan fingerprint density at radius 1 is 1.30 bits per heavy atom. The van der Waals surface area contributed by atoms with Crippen molar-refractivity contribution in [3.63, 3.8) is 0 Å². The maximum Gasteiger partial charge on any atom is 0.433 e. The third-order valence-electron chi connectivity index (χ3n) is 2.71. The number of phenols is 1. The number of thiocarbonyl (C=S) groups is 1. The molecule has 1 heterocycles. The third-order valence-corrected chi connectivity index (χ3v) is 3.07. The first-order chi connectivity index (χ1) is 9.34. The average molecular weight is 300 g/mol. The summed E-state index contributed by atoms with van der Waals surface area (Å²) in [7, 11) is 0. The lowest BCUT2D eigenvalue weighted by atomic mass is 10.1. The van der Waals surface area contributed by atoms with E-state index in [-0.39, 0.29) is 11.3 Å². The molecule has 0 saturated carbocycles. The van der Waals surface area contributed by atoms with E-state index in [1.54, 1.807) is 6.07 Å². The first-order valence-corrected chi connectivity index (χ1v) is 6.23. The molecule has 0 atom stereocenters. The first kappa shape index (κ1) is 14.5. The molecule has 0 radical (unpaired) electrons. The summed E-state index contributed by atoms with van der Waals surface area (Å²) in [5.41, 5.74) is -0.625. The molecule has 7 heteroatoms. The Labute approximate surface area is 118 Å². The van der Waals surface area contributed by atoms with E-state index in [9.17, 15) is 18.3 Å². The highest BCUT2D eigenvalue weighted by molar-refractivity contribution is 7.80. The second kappa shape index (κ2) is 5.24. The zero-order chi connectivity index (χ0) is 14.9. The Hall–Kier alpha value is -1.89. The van der Waals surface area contributed by atoms with Gasteiger partial charge in [-0.15, -0.1) is 0 Å². The summed E-state index contributed by atoms with van der Waals surface area (Å²) >= 11 is 5.15. The molecule has 1 aromatic heterocycles. The van der Waals surface area contributed by atoms with Crippen molar-refractivity contribution >= 4 is 28.1 Å². The van der Waals surface area contributed by atoms with Crippen molar-refractivity contribution in [2.75, 3.05) is 6.54 Å². The normalized spacial score (nSPS) is 11.6. The van der Waals surface area contributed by atoms with Crippen LogP contribution in [0, 0.1) is 0 Å². The molecule has 0 fully saturated rings. The molecule has 0 unspecified atom stereocenters. The van der Waals surface area contributed by atoms with Crippen molar-refractivity contribution in [3.05, 3.63) is 35.5 Å².